The molecule has 3 heteroatoms. The summed E-state index contributed by atoms with van der Waals surface area (Å²) in [5.41, 5.74) is 3.01. The topological polar surface area (TPSA) is 46.5 Å². The minimum absolute atomic E-state index is 0.195. The van der Waals surface area contributed by atoms with E-state index in [-0.39, 0.29) is 11.7 Å². The Bertz CT molecular complexity index is 576. The summed E-state index contributed by atoms with van der Waals surface area (Å²) in [6.45, 7) is 2.20. The number of aryl methyl sites for hydroxylation is 1. The third-order valence-electron chi connectivity index (χ3n) is 3.08. The predicted molar refractivity (Wildman–Crippen MR) is 78.5 cm³/mol. The molecule has 0 aliphatic carbocycles. The van der Waals surface area contributed by atoms with Gasteiger partial charge in [-0.3, -0.25) is 4.79 Å². The minimum Gasteiger partial charge on any atom is -0.508 e. The number of ether oxygens (including phenoxy) is 1. The van der Waals surface area contributed by atoms with E-state index in [2.05, 4.69) is 0 Å². The summed E-state index contributed by atoms with van der Waals surface area (Å²) in [6, 6.07) is 15.1. The van der Waals surface area contributed by atoms with Gasteiger partial charge >= 0.3 is 5.97 Å². The van der Waals surface area contributed by atoms with E-state index in [1.54, 1.807) is 19.1 Å². The Morgan fingerprint density at radius 1 is 1.15 bits per heavy atom. The Balaban J connectivity index is 2.23. The molecule has 0 radical (unpaired) electrons. The number of carbonyl (C=O) groups excluding carboxylic acids is 1. The van der Waals surface area contributed by atoms with Gasteiger partial charge in [0.1, 0.15) is 5.75 Å². The van der Waals surface area contributed by atoms with E-state index >= 15 is 0 Å². The maximum Gasteiger partial charge on any atom is 0.306 e. The molecule has 0 aromatic heterocycles. The molecule has 0 atom stereocenters. The van der Waals surface area contributed by atoms with Crippen molar-refractivity contribution < 1.29 is 14.6 Å². The molecule has 0 fully saturated rings. The van der Waals surface area contributed by atoms with Gasteiger partial charge in [-0.1, -0.05) is 36.4 Å². The number of rotatable bonds is 5. The van der Waals surface area contributed by atoms with Crippen molar-refractivity contribution in [3.05, 3.63) is 54.1 Å². The number of phenolic OH excluding ortho intramolecular Hbond substituents is 1. The molecule has 2 aromatic rings. The molecule has 0 bridgehead atoms. The van der Waals surface area contributed by atoms with Crippen LogP contribution in [0.25, 0.3) is 11.1 Å². The minimum atomic E-state index is -0.195. The van der Waals surface area contributed by atoms with Crippen LogP contribution in [-0.4, -0.2) is 17.7 Å². The van der Waals surface area contributed by atoms with Crippen LogP contribution in [0.5, 0.6) is 5.75 Å². The molecule has 3 nitrogen and oxygen atoms in total. The summed E-state index contributed by atoms with van der Waals surface area (Å²) in [4.78, 5) is 11.5. The van der Waals surface area contributed by atoms with E-state index < -0.39 is 0 Å². The number of benzene rings is 2. The fourth-order valence-corrected chi connectivity index (χ4v) is 2.14. The summed E-state index contributed by atoms with van der Waals surface area (Å²) < 4.78 is 4.94. The zero-order chi connectivity index (χ0) is 14.4. The zero-order valence-corrected chi connectivity index (χ0v) is 11.5. The third-order valence-corrected chi connectivity index (χ3v) is 3.08. The Morgan fingerprint density at radius 3 is 2.60 bits per heavy atom. The monoisotopic (exact) mass is 270 g/mol. The summed E-state index contributed by atoms with van der Waals surface area (Å²) in [5.74, 6) is 0.0309. The van der Waals surface area contributed by atoms with Crippen LogP contribution >= 0.6 is 0 Å². The number of hydrogen-bond acceptors (Lipinski definition) is 3. The normalized spacial score (nSPS) is 10.2. The molecule has 0 aliphatic heterocycles. The molecule has 0 unspecified atom stereocenters. The Morgan fingerprint density at radius 2 is 1.90 bits per heavy atom. The van der Waals surface area contributed by atoms with Crippen molar-refractivity contribution in [2.45, 2.75) is 19.8 Å². The number of hydrogen-bond donors (Lipinski definition) is 1. The molecule has 0 saturated heterocycles. The van der Waals surface area contributed by atoms with Crippen LogP contribution in [0, 0.1) is 0 Å². The van der Waals surface area contributed by atoms with Gasteiger partial charge < -0.3 is 9.84 Å². The van der Waals surface area contributed by atoms with E-state index in [0.717, 1.165) is 16.7 Å². The number of phenols is 1. The fraction of sp³-hybridized carbons (Fsp3) is 0.235. The van der Waals surface area contributed by atoms with E-state index in [0.29, 0.717) is 19.4 Å². The first-order chi connectivity index (χ1) is 9.70. The Hall–Kier alpha value is -2.29. The second-order valence-electron chi connectivity index (χ2n) is 4.51. The molecule has 2 aromatic carbocycles. The average molecular weight is 270 g/mol. The van der Waals surface area contributed by atoms with Crippen molar-refractivity contribution in [2.24, 2.45) is 0 Å². The molecular weight excluding hydrogens is 252 g/mol. The Labute approximate surface area is 118 Å². The molecule has 0 aliphatic rings. The molecular formula is C17H18O3. The molecule has 0 spiro atoms. The van der Waals surface area contributed by atoms with Crippen molar-refractivity contribution >= 4 is 5.97 Å². The molecule has 2 rings (SSSR count). The Kier molecular flexibility index (Phi) is 4.77. The highest BCUT2D eigenvalue weighted by Gasteiger charge is 2.09. The largest absolute Gasteiger partial charge is 0.508 e. The lowest BCUT2D eigenvalue weighted by atomic mass is 9.96. The van der Waals surface area contributed by atoms with Gasteiger partial charge in [-0.25, -0.2) is 0 Å². The SMILES string of the molecule is CCOC(=O)CCc1ccc(O)cc1-c1ccccc1. The lowest BCUT2D eigenvalue weighted by molar-refractivity contribution is -0.143. The highest BCUT2D eigenvalue weighted by atomic mass is 16.5. The van der Waals surface area contributed by atoms with Crippen LogP contribution < -0.4 is 0 Å². The van der Waals surface area contributed by atoms with Gasteiger partial charge in [0.05, 0.1) is 6.61 Å². The predicted octanol–water partition coefficient (Wildman–Crippen LogP) is 3.55. The van der Waals surface area contributed by atoms with Crippen LogP contribution in [0.15, 0.2) is 48.5 Å². The van der Waals surface area contributed by atoms with Gasteiger partial charge in [-0.2, -0.15) is 0 Å². The third kappa shape index (κ3) is 3.60. The maximum atomic E-state index is 11.5. The van der Waals surface area contributed by atoms with E-state index in [1.807, 2.05) is 36.4 Å². The smallest absolute Gasteiger partial charge is 0.306 e. The average Bonchev–Trinajstić information content (AvgIpc) is 2.47. The highest BCUT2D eigenvalue weighted by molar-refractivity contribution is 5.72. The van der Waals surface area contributed by atoms with Crippen LogP contribution in [0.3, 0.4) is 0 Å². The van der Waals surface area contributed by atoms with Crippen LogP contribution in [0.4, 0.5) is 0 Å². The van der Waals surface area contributed by atoms with Gasteiger partial charge in [0.15, 0.2) is 0 Å². The first-order valence-corrected chi connectivity index (χ1v) is 6.73. The lowest BCUT2D eigenvalue weighted by Crippen LogP contribution is -2.05. The number of carbonyl (C=O) groups is 1. The van der Waals surface area contributed by atoms with Crippen LogP contribution in [-0.2, 0) is 16.0 Å². The number of esters is 1. The lowest BCUT2D eigenvalue weighted by Gasteiger charge is -2.10. The molecule has 1 N–H and O–H groups in total. The number of aromatic hydroxyl groups is 1. The van der Waals surface area contributed by atoms with Gasteiger partial charge in [0, 0.05) is 6.42 Å². The van der Waals surface area contributed by atoms with Crippen LogP contribution in [0.1, 0.15) is 18.9 Å². The van der Waals surface area contributed by atoms with Crippen molar-refractivity contribution in [1.82, 2.24) is 0 Å². The van der Waals surface area contributed by atoms with Crippen molar-refractivity contribution in [2.75, 3.05) is 6.61 Å². The van der Waals surface area contributed by atoms with E-state index in [9.17, 15) is 9.90 Å². The van der Waals surface area contributed by atoms with Gasteiger partial charge in [-0.05, 0) is 42.2 Å². The first kappa shape index (κ1) is 14.1. The van der Waals surface area contributed by atoms with Crippen molar-refractivity contribution in [3.8, 4) is 16.9 Å². The first-order valence-electron chi connectivity index (χ1n) is 6.73. The molecule has 20 heavy (non-hydrogen) atoms. The molecule has 104 valence electrons. The second kappa shape index (κ2) is 6.75. The summed E-state index contributed by atoms with van der Waals surface area (Å²) in [5, 5.41) is 9.67. The summed E-state index contributed by atoms with van der Waals surface area (Å²) in [6.07, 6.45) is 0.946. The standard InChI is InChI=1S/C17H18O3/c1-2-20-17(19)11-9-14-8-10-15(18)12-16(14)13-6-4-3-5-7-13/h3-8,10,12,18H,2,9,11H2,1H3. The van der Waals surface area contributed by atoms with Gasteiger partial charge in [0.2, 0.25) is 0 Å². The molecule has 0 heterocycles. The van der Waals surface area contributed by atoms with Crippen molar-refractivity contribution in [1.29, 1.82) is 0 Å². The second-order valence-corrected chi connectivity index (χ2v) is 4.51. The van der Waals surface area contributed by atoms with Crippen molar-refractivity contribution in [3.63, 3.8) is 0 Å². The van der Waals surface area contributed by atoms with Gasteiger partial charge in [-0.15, -0.1) is 0 Å². The van der Waals surface area contributed by atoms with Crippen LogP contribution in [0.2, 0.25) is 0 Å². The summed E-state index contributed by atoms with van der Waals surface area (Å²) >= 11 is 0. The highest BCUT2D eigenvalue weighted by Crippen LogP contribution is 2.28. The van der Waals surface area contributed by atoms with E-state index in [4.69, 9.17) is 4.74 Å². The zero-order valence-electron chi connectivity index (χ0n) is 11.5. The molecule has 0 saturated carbocycles. The van der Waals surface area contributed by atoms with E-state index in [1.165, 1.54) is 0 Å². The maximum absolute atomic E-state index is 11.5. The molecule has 0 amide bonds. The fourth-order valence-electron chi connectivity index (χ4n) is 2.14. The van der Waals surface area contributed by atoms with Gasteiger partial charge in [0.25, 0.3) is 0 Å². The summed E-state index contributed by atoms with van der Waals surface area (Å²) in [7, 11) is 0. The quantitative estimate of drug-likeness (QED) is 0.845.